The van der Waals surface area contributed by atoms with Crippen molar-refractivity contribution >= 4 is 27.0 Å². The highest BCUT2D eigenvalue weighted by Gasteiger charge is 2.27. The first-order chi connectivity index (χ1) is 16.9. The van der Waals surface area contributed by atoms with Gasteiger partial charge in [-0.2, -0.15) is 4.31 Å². The molecule has 0 bridgehead atoms. The maximum Gasteiger partial charge on any atom is 0.243 e. The standard InChI is InChI=1S/C26H30FN3O3S2/c1-19-4-2-3-5-24(19)30-25(20-6-8-21(27)9-7-20)18-34-26(30)28-22-10-12-23(13-11-22)35(31,32)29-14-16-33-17-15-29/h6-13,18-19,24H,2-5,14-17H2,1H3. The number of thiazole rings is 1. The molecule has 2 aliphatic rings. The Balaban J connectivity index is 1.52. The molecule has 2 fully saturated rings. The van der Waals surface area contributed by atoms with Gasteiger partial charge in [0.15, 0.2) is 4.80 Å². The SMILES string of the molecule is CC1CCCCC1n1c(-c2ccc(F)cc2)csc1=Nc1ccc(S(=O)(=O)N2CCOCC2)cc1. The number of hydrogen-bond donors (Lipinski definition) is 0. The van der Waals surface area contributed by atoms with Crippen LogP contribution in [0.4, 0.5) is 10.1 Å². The van der Waals surface area contributed by atoms with Crippen molar-refractivity contribution < 1.29 is 17.5 Å². The van der Waals surface area contributed by atoms with Gasteiger partial charge in [-0.15, -0.1) is 11.3 Å². The second kappa shape index (κ2) is 10.3. The number of halogens is 1. The van der Waals surface area contributed by atoms with E-state index in [-0.39, 0.29) is 10.7 Å². The molecule has 186 valence electrons. The Hall–Kier alpha value is -2.33. The Bertz CT molecular complexity index is 1330. The molecule has 6 nitrogen and oxygen atoms in total. The first kappa shape index (κ1) is 24.4. The Morgan fingerprint density at radius 2 is 1.69 bits per heavy atom. The summed E-state index contributed by atoms with van der Waals surface area (Å²) in [7, 11) is -3.54. The molecule has 3 aromatic rings. The van der Waals surface area contributed by atoms with Gasteiger partial charge in [0, 0.05) is 24.5 Å². The average molecular weight is 516 g/mol. The summed E-state index contributed by atoms with van der Waals surface area (Å²) < 4.78 is 48.5. The van der Waals surface area contributed by atoms with Gasteiger partial charge in [0.1, 0.15) is 5.82 Å². The van der Waals surface area contributed by atoms with Crippen molar-refractivity contribution in [3.8, 4) is 11.3 Å². The largest absolute Gasteiger partial charge is 0.379 e. The molecule has 0 N–H and O–H groups in total. The van der Waals surface area contributed by atoms with Gasteiger partial charge < -0.3 is 9.30 Å². The molecule has 35 heavy (non-hydrogen) atoms. The number of benzene rings is 2. The molecule has 0 spiro atoms. The lowest BCUT2D eigenvalue weighted by Crippen LogP contribution is -2.40. The van der Waals surface area contributed by atoms with Crippen LogP contribution in [0.2, 0.25) is 0 Å². The Labute approximate surface area is 209 Å². The van der Waals surface area contributed by atoms with Crippen LogP contribution in [-0.2, 0) is 14.8 Å². The Kier molecular flexibility index (Phi) is 7.20. The summed E-state index contributed by atoms with van der Waals surface area (Å²) in [6.45, 7) is 3.87. The van der Waals surface area contributed by atoms with Crippen LogP contribution in [0.25, 0.3) is 11.3 Å². The molecule has 1 aliphatic carbocycles. The maximum atomic E-state index is 13.6. The number of sulfonamides is 1. The van der Waals surface area contributed by atoms with Gasteiger partial charge in [0.2, 0.25) is 10.0 Å². The van der Waals surface area contributed by atoms with Gasteiger partial charge in [0.05, 0.1) is 29.5 Å². The molecule has 2 atom stereocenters. The summed E-state index contributed by atoms with van der Waals surface area (Å²) in [6.07, 6.45) is 4.66. The van der Waals surface area contributed by atoms with Gasteiger partial charge >= 0.3 is 0 Å². The fraction of sp³-hybridized carbons (Fsp3) is 0.423. The third kappa shape index (κ3) is 5.14. The van der Waals surface area contributed by atoms with Crippen molar-refractivity contribution in [2.45, 2.75) is 43.5 Å². The normalized spacial score (nSPS) is 22.4. The predicted octanol–water partition coefficient (Wildman–Crippen LogP) is 5.36. The number of ether oxygens (including phenoxy) is 1. The zero-order chi connectivity index (χ0) is 24.4. The molecular weight excluding hydrogens is 485 g/mol. The highest BCUT2D eigenvalue weighted by atomic mass is 32.2. The zero-order valence-electron chi connectivity index (χ0n) is 19.8. The summed E-state index contributed by atoms with van der Waals surface area (Å²) in [5.74, 6) is 0.260. The van der Waals surface area contributed by atoms with Gasteiger partial charge in [-0.1, -0.05) is 19.8 Å². The average Bonchev–Trinajstić information content (AvgIpc) is 3.29. The highest BCUT2D eigenvalue weighted by molar-refractivity contribution is 7.89. The van der Waals surface area contributed by atoms with Crippen LogP contribution in [0.1, 0.15) is 38.6 Å². The van der Waals surface area contributed by atoms with Gasteiger partial charge in [-0.05, 0) is 72.9 Å². The molecule has 1 saturated heterocycles. The van der Waals surface area contributed by atoms with Crippen molar-refractivity contribution in [3.05, 3.63) is 64.5 Å². The second-order valence-electron chi connectivity index (χ2n) is 9.23. The minimum atomic E-state index is -3.54. The number of nitrogens with zero attached hydrogens (tertiary/aromatic N) is 3. The van der Waals surface area contributed by atoms with Crippen molar-refractivity contribution in [1.82, 2.24) is 8.87 Å². The summed E-state index contributed by atoms with van der Waals surface area (Å²) in [5, 5.41) is 2.09. The fourth-order valence-electron chi connectivity index (χ4n) is 4.97. The third-order valence-electron chi connectivity index (χ3n) is 6.95. The van der Waals surface area contributed by atoms with E-state index in [1.54, 1.807) is 35.6 Å². The first-order valence-electron chi connectivity index (χ1n) is 12.1. The van der Waals surface area contributed by atoms with Gasteiger partial charge in [-0.3, -0.25) is 0 Å². The molecule has 1 saturated carbocycles. The summed E-state index contributed by atoms with van der Waals surface area (Å²) >= 11 is 1.56. The number of rotatable bonds is 5. The minimum Gasteiger partial charge on any atom is -0.379 e. The summed E-state index contributed by atoms with van der Waals surface area (Å²) in [6, 6.07) is 13.7. The van der Waals surface area contributed by atoms with Crippen molar-refractivity contribution in [1.29, 1.82) is 0 Å². The van der Waals surface area contributed by atoms with Gasteiger partial charge in [-0.25, -0.2) is 17.8 Å². The molecule has 2 unspecified atom stereocenters. The summed E-state index contributed by atoms with van der Waals surface area (Å²) in [4.78, 5) is 6.07. The van der Waals surface area contributed by atoms with E-state index >= 15 is 0 Å². The second-order valence-corrected chi connectivity index (χ2v) is 12.0. The molecule has 0 amide bonds. The van der Waals surface area contributed by atoms with E-state index in [1.165, 1.54) is 35.7 Å². The van der Waals surface area contributed by atoms with Crippen LogP contribution in [-0.4, -0.2) is 43.6 Å². The lowest BCUT2D eigenvalue weighted by Gasteiger charge is -2.31. The third-order valence-corrected chi connectivity index (χ3v) is 9.70. The number of aromatic nitrogens is 1. The Morgan fingerprint density at radius 1 is 1.00 bits per heavy atom. The van der Waals surface area contributed by atoms with Crippen molar-refractivity contribution in [3.63, 3.8) is 0 Å². The molecular formula is C26H30FN3O3S2. The van der Waals surface area contributed by atoms with E-state index in [4.69, 9.17) is 9.73 Å². The summed E-state index contributed by atoms with van der Waals surface area (Å²) in [5.41, 5.74) is 2.71. The van der Waals surface area contributed by atoms with E-state index in [0.717, 1.165) is 22.5 Å². The predicted molar refractivity (Wildman–Crippen MR) is 136 cm³/mol. The monoisotopic (exact) mass is 515 g/mol. The van der Waals surface area contributed by atoms with Crippen molar-refractivity contribution in [2.75, 3.05) is 26.3 Å². The van der Waals surface area contributed by atoms with Crippen molar-refractivity contribution in [2.24, 2.45) is 10.9 Å². The zero-order valence-corrected chi connectivity index (χ0v) is 21.4. The highest BCUT2D eigenvalue weighted by Crippen LogP contribution is 2.36. The van der Waals surface area contributed by atoms with Crippen LogP contribution in [0.5, 0.6) is 0 Å². The number of morpholine rings is 1. The molecule has 0 radical (unpaired) electrons. The van der Waals surface area contributed by atoms with Crippen LogP contribution in [0.15, 0.2) is 63.8 Å². The van der Waals surface area contributed by atoms with E-state index in [1.807, 2.05) is 12.1 Å². The van der Waals surface area contributed by atoms with Gasteiger partial charge in [0.25, 0.3) is 0 Å². The van der Waals surface area contributed by atoms with Crippen LogP contribution in [0, 0.1) is 11.7 Å². The topological polar surface area (TPSA) is 63.9 Å². The van der Waals surface area contributed by atoms with E-state index in [2.05, 4.69) is 16.9 Å². The molecule has 2 aromatic carbocycles. The maximum absolute atomic E-state index is 13.6. The fourth-order valence-corrected chi connectivity index (χ4v) is 7.35. The molecule has 1 aliphatic heterocycles. The van der Waals surface area contributed by atoms with Crippen LogP contribution in [0.3, 0.4) is 0 Å². The molecule has 1 aromatic heterocycles. The molecule has 5 rings (SSSR count). The first-order valence-corrected chi connectivity index (χ1v) is 14.4. The lowest BCUT2D eigenvalue weighted by atomic mass is 9.85. The van der Waals surface area contributed by atoms with E-state index in [0.29, 0.717) is 44.0 Å². The number of hydrogen-bond acceptors (Lipinski definition) is 5. The minimum absolute atomic E-state index is 0.251. The lowest BCUT2D eigenvalue weighted by molar-refractivity contribution is 0.0730. The van der Waals surface area contributed by atoms with E-state index in [9.17, 15) is 12.8 Å². The molecule has 2 heterocycles. The smallest absolute Gasteiger partial charge is 0.243 e. The van der Waals surface area contributed by atoms with E-state index < -0.39 is 10.0 Å². The Morgan fingerprint density at radius 3 is 2.37 bits per heavy atom. The molecule has 9 heteroatoms. The van der Waals surface area contributed by atoms with Crippen LogP contribution >= 0.6 is 11.3 Å². The quantitative estimate of drug-likeness (QED) is 0.460. The van der Waals surface area contributed by atoms with Crippen LogP contribution < -0.4 is 4.80 Å².